The van der Waals surface area contributed by atoms with E-state index in [2.05, 4.69) is 4.99 Å². The zero-order valence-electron chi connectivity index (χ0n) is 12.2. The summed E-state index contributed by atoms with van der Waals surface area (Å²) < 4.78 is 0. The Balaban J connectivity index is 2.44. The molecule has 2 N–H and O–H groups in total. The summed E-state index contributed by atoms with van der Waals surface area (Å²) in [5.74, 6) is -0.901. The molecule has 0 amide bonds. The van der Waals surface area contributed by atoms with E-state index in [1.807, 2.05) is 44.2 Å². The number of fused-ring (bicyclic) bond motifs is 1. The maximum Gasteiger partial charge on any atom is 0.328 e. The van der Waals surface area contributed by atoms with E-state index in [9.17, 15) is 15.0 Å². The number of aromatic hydroxyl groups is 1. The summed E-state index contributed by atoms with van der Waals surface area (Å²) in [5, 5.41) is 21.1. The molecule has 0 bridgehead atoms. The van der Waals surface area contributed by atoms with Crippen molar-refractivity contribution in [3.63, 3.8) is 0 Å². The SMILES string of the molecule is CCC(C)C(N=Cc1c(O)ccc2ccccc12)C(=O)O. The number of rotatable bonds is 5. The summed E-state index contributed by atoms with van der Waals surface area (Å²) in [5.41, 5.74) is 0.558. The Morgan fingerprint density at radius 3 is 2.67 bits per heavy atom. The highest BCUT2D eigenvalue weighted by Crippen LogP contribution is 2.26. The minimum Gasteiger partial charge on any atom is -0.507 e. The molecule has 110 valence electrons. The van der Waals surface area contributed by atoms with E-state index in [0.717, 1.165) is 17.2 Å². The second kappa shape index (κ2) is 6.39. The zero-order valence-corrected chi connectivity index (χ0v) is 12.2. The fraction of sp³-hybridized carbons (Fsp3) is 0.294. The van der Waals surface area contributed by atoms with Crippen molar-refractivity contribution in [2.75, 3.05) is 0 Å². The number of phenolic OH excluding ortho intramolecular Hbond substituents is 1. The van der Waals surface area contributed by atoms with Gasteiger partial charge in [0.25, 0.3) is 0 Å². The van der Waals surface area contributed by atoms with E-state index < -0.39 is 12.0 Å². The summed E-state index contributed by atoms with van der Waals surface area (Å²) in [6, 6.07) is 10.2. The van der Waals surface area contributed by atoms with Crippen LogP contribution in [0.25, 0.3) is 10.8 Å². The van der Waals surface area contributed by atoms with Gasteiger partial charge in [0.1, 0.15) is 11.8 Å². The Labute approximate surface area is 123 Å². The molecule has 2 aromatic carbocycles. The first-order valence-corrected chi connectivity index (χ1v) is 7.01. The highest BCUT2D eigenvalue weighted by atomic mass is 16.4. The van der Waals surface area contributed by atoms with Gasteiger partial charge in [0.05, 0.1) is 0 Å². The second-order valence-corrected chi connectivity index (χ2v) is 5.17. The van der Waals surface area contributed by atoms with E-state index in [0.29, 0.717) is 5.56 Å². The van der Waals surface area contributed by atoms with Gasteiger partial charge in [-0.2, -0.15) is 0 Å². The summed E-state index contributed by atoms with van der Waals surface area (Å²) in [6.07, 6.45) is 2.21. The Bertz CT molecular complexity index is 679. The van der Waals surface area contributed by atoms with Crippen molar-refractivity contribution in [1.82, 2.24) is 0 Å². The van der Waals surface area contributed by atoms with Crippen molar-refractivity contribution in [3.8, 4) is 5.75 Å². The number of carbonyl (C=O) groups is 1. The van der Waals surface area contributed by atoms with Crippen molar-refractivity contribution in [3.05, 3.63) is 42.0 Å². The molecule has 2 atom stereocenters. The van der Waals surface area contributed by atoms with E-state index >= 15 is 0 Å². The Morgan fingerprint density at radius 2 is 2.00 bits per heavy atom. The van der Waals surface area contributed by atoms with Crippen LogP contribution >= 0.6 is 0 Å². The number of benzene rings is 2. The Hall–Kier alpha value is -2.36. The summed E-state index contributed by atoms with van der Waals surface area (Å²) in [6.45, 7) is 3.80. The first-order valence-electron chi connectivity index (χ1n) is 7.01. The lowest BCUT2D eigenvalue weighted by molar-refractivity contribution is -0.139. The maximum absolute atomic E-state index is 11.3. The average molecular weight is 285 g/mol. The van der Waals surface area contributed by atoms with E-state index in [-0.39, 0.29) is 11.7 Å². The third-order valence-corrected chi connectivity index (χ3v) is 3.75. The fourth-order valence-electron chi connectivity index (χ4n) is 2.25. The molecule has 4 nitrogen and oxygen atoms in total. The average Bonchev–Trinajstić information content (AvgIpc) is 2.48. The van der Waals surface area contributed by atoms with Crippen LogP contribution in [0.1, 0.15) is 25.8 Å². The summed E-state index contributed by atoms with van der Waals surface area (Å²) in [7, 11) is 0. The quantitative estimate of drug-likeness (QED) is 0.826. The molecule has 0 spiro atoms. The van der Waals surface area contributed by atoms with Gasteiger partial charge in [0.2, 0.25) is 0 Å². The lowest BCUT2D eigenvalue weighted by Crippen LogP contribution is -2.25. The van der Waals surface area contributed by atoms with Crippen LogP contribution in [0.3, 0.4) is 0 Å². The monoisotopic (exact) mass is 285 g/mol. The van der Waals surface area contributed by atoms with Gasteiger partial charge in [0.15, 0.2) is 0 Å². The van der Waals surface area contributed by atoms with Crippen LogP contribution in [0, 0.1) is 5.92 Å². The molecule has 0 fully saturated rings. The van der Waals surface area contributed by atoms with Crippen LogP contribution < -0.4 is 0 Å². The molecule has 0 radical (unpaired) electrons. The molecule has 0 saturated carbocycles. The first kappa shape index (κ1) is 15.0. The molecule has 0 aliphatic rings. The van der Waals surface area contributed by atoms with Gasteiger partial charge in [-0.3, -0.25) is 4.99 Å². The van der Waals surface area contributed by atoms with Gasteiger partial charge >= 0.3 is 5.97 Å². The summed E-state index contributed by atoms with van der Waals surface area (Å²) in [4.78, 5) is 15.5. The number of aliphatic carboxylic acids is 1. The lowest BCUT2D eigenvalue weighted by Gasteiger charge is -2.14. The highest BCUT2D eigenvalue weighted by molar-refractivity contribution is 6.02. The standard InChI is InChI=1S/C17H19NO3/c1-3-11(2)16(17(20)21)18-10-14-13-7-5-4-6-12(13)8-9-15(14)19/h4-11,16,19H,3H2,1-2H3,(H,20,21). The molecule has 21 heavy (non-hydrogen) atoms. The van der Waals surface area contributed by atoms with Crippen LogP contribution in [0.5, 0.6) is 5.75 Å². The molecule has 4 heteroatoms. The molecule has 0 aromatic heterocycles. The number of carboxylic acids is 1. The van der Waals surface area contributed by atoms with Gasteiger partial charge in [-0.1, -0.05) is 50.6 Å². The van der Waals surface area contributed by atoms with Crippen LogP contribution in [0.15, 0.2) is 41.4 Å². The van der Waals surface area contributed by atoms with Crippen molar-refractivity contribution in [2.24, 2.45) is 10.9 Å². The maximum atomic E-state index is 11.3. The van der Waals surface area contributed by atoms with Crippen molar-refractivity contribution in [2.45, 2.75) is 26.3 Å². The molecular formula is C17H19NO3. The van der Waals surface area contributed by atoms with Crippen LogP contribution in [0.2, 0.25) is 0 Å². The molecule has 2 aromatic rings. The number of hydrogen-bond donors (Lipinski definition) is 2. The number of hydrogen-bond acceptors (Lipinski definition) is 3. The number of phenols is 1. The Morgan fingerprint density at radius 1 is 1.29 bits per heavy atom. The van der Waals surface area contributed by atoms with Crippen LogP contribution in [-0.2, 0) is 4.79 Å². The predicted molar refractivity (Wildman–Crippen MR) is 84.1 cm³/mol. The van der Waals surface area contributed by atoms with E-state index in [1.54, 1.807) is 6.07 Å². The molecule has 2 unspecified atom stereocenters. The Kier molecular flexibility index (Phi) is 4.58. The molecule has 2 rings (SSSR count). The number of nitrogens with zero attached hydrogens (tertiary/aromatic N) is 1. The number of aliphatic imine (C=N–C) groups is 1. The molecule has 0 aliphatic heterocycles. The smallest absolute Gasteiger partial charge is 0.328 e. The molecule has 0 saturated heterocycles. The second-order valence-electron chi connectivity index (χ2n) is 5.17. The molecule has 0 heterocycles. The topological polar surface area (TPSA) is 69.9 Å². The summed E-state index contributed by atoms with van der Waals surface area (Å²) >= 11 is 0. The third-order valence-electron chi connectivity index (χ3n) is 3.75. The largest absolute Gasteiger partial charge is 0.507 e. The van der Waals surface area contributed by atoms with E-state index in [4.69, 9.17) is 0 Å². The number of carboxylic acid groups (broad SMARTS) is 1. The minimum absolute atomic E-state index is 0.0594. The van der Waals surface area contributed by atoms with Crippen molar-refractivity contribution < 1.29 is 15.0 Å². The zero-order chi connectivity index (χ0) is 15.4. The van der Waals surface area contributed by atoms with Crippen molar-refractivity contribution in [1.29, 1.82) is 0 Å². The van der Waals surface area contributed by atoms with E-state index in [1.165, 1.54) is 6.21 Å². The highest BCUT2D eigenvalue weighted by Gasteiger charge is 2.21. The molecule has 0 aliphatic carbocycles. The first-order chi connectivity index (χ1) is 10.0. The lowest BCUT2D eigenvalue weighted by atomic mass is 9.99. The predicted octanol–water partition coefficient (Wildman–Crippen LogP) is 3.46. The fourth-order valence-corrected chi connectivity index (χ4v) is 2.25. The van der Waals surface area contributed by atoms with Gasteiger partial charge in [-0.05, 0) is 22.8 Å². The van der Waals surface area contributed by atoms with Gasteiger partial charge in [-0.25, -0.2) is 4.79 Å². The van der Waals surface area contributed by atoms with Gasteiger partial charge in [0, 0.05) is 11.8 Å². The van der Waals surface area contributed by atoms with Crippen LogP contribution in [0.4, 0.5) is 0 Å². The van der Waals surface area contributed by atoms with Crippen molar-refractivity contribution >= 4 is 23.0 Å². The van der Waals surface area contributed by atoms with Crippen LogP contribution in [-0.4, -0.2) is 28.4 Å². The normalized spacial score (nSPS) is 14.4. The van der Waals surface area contributed by atoms with Gasteiger partial charge in [-0.15, -0.1) is 0 Å². The van der Waals surface area contributed by atoms with Gasteiger partial charge < -0.3 is 10.2 Å². The minimum atomic E-state index is -0.944. The third kappa shape index (κ3) is 3.21. The molecular weight excluding hydrogens is 266 g/mol.